The van der Waals surface area contributed by atoms with E-state index in [1.54, 1.807) is 6.07 Å². The first kappa shape index (κ1) is 16.4. The topological polar surface area (TPSA) is 105 Å². The zero-order chi connectivity index (χ0) is 15.1. The molecule has 0 fully saturated rings. The van der Waals surface area contributed by atoms with E-state index in [1.165, 1.54) is 12.1 Å². The molecular formula is C11H12BrN3O4S. The van der Waals surface area contributed by atoms with E-state index in [0.29, 0.717) is 22.3 Å². The summed E-state index contributed by atoms with van der Waals surface area (Å²) in [5.41, 5.74) is 0.251. The fourth-order valence-corrected chi connectivity index (χ4v) is 2.11. The van der Waals surface area contributed by atoms with Crippen molar-refractivity contribution in [1.82, 2.24) is 5.32 Å². The van der Waals surface area contributed by atoms with Crippen molar-refractivity contribution >= 4 is 45.9 Å². The van der Waals surface area contributed by atoms with E-state index >= 15 is 0 Å². The van der Waals surface area contributed by atoms with Crippen LogP contribution in [-0.2, 0) is 11.2 Å². The summed E-state index contributed by atoms with van der Waals surface area (Å²) in [7, 11) is 0. The van der Waals surface area contributed by atoms with Gasteiger partial charge in [0.15, 0.2) is 0 Å². The molecule has 1 aromatic rings. The first-order chi connectivity index (χ1) is 9.47. The number of nitrogens with one attached hydrogen (secondary N) is 1. The molecule has 0 bridgehead atoms. The minimum Gasteiger partial charge on any atom is -0.410 e. The van der Waals surface area contributed by atoms with Gasteiger partial charge in [-0.25, -0.2) is 0 Å². The maximum absolute atomic E-state index is 11.7. The van der Waals surface area contributed by atoms with Crippen LogP contribution in [-0.4, -0.2) is 34.0 Å². The second-order valence-electron chi connectivity index (χ2n) is 3.78. The molecule has 0 saturated carbocycles. The molecule has 0 unspecified atom stereocenters. The third-order valence-electron chi connectivity index (χ3n) is 2.30. The maximum atomic E-state index is 11.7. The predicted octanol–water partition coefficient (Wildman–Crippen LogP) is 1.78. The number of thiol groups is 1. The largest absolute Gasteiger partial charge is 0.410 e. The molecule has 9 heteroatoms. The Balaban J connectivity index is 2.90. The molecule has 0 aliphatic heterocycles. The summed E-state index contributed by atoms with van der Waals surface area (Å²) in [6.45, 7) is 0.333. The normalized spacial score (nSPS) is 11.2. The standard InChI is InChI=1S/C11H12BrN3O4S/c12-8-3-7(4-9(6-8)15(18)19)5-10(14-17)11(16)13-1-2-20/h3-4,6,17,20H,1-2,5H2,(H,13,16)/b14-10+. The first-order valence-corrected chi connectivity index (χ1v) is 6.94. The lowest BCUT2D eigenvalue weighted by atomic mass is 10.1. The highest BCUT2D eigenvalue weighted by atomic mass is 79.9. The number of non-ortho nitro benzene ring substituents is 1. The lowest BCUT2D eigenvalue weighted by molar-refractivity contribution is -0.385. The van der Waals surface area contributed by atoms with E-state index in [-0.39, 0.29) is 17.8 Å². The van der Waals surface area contributed by atoms with Crippen molar-refractivity contribution in [3.63, 3.8) is 0 Å². The van der Waals surface area contributed by atoms with Gasteiger partial charge >= 0.3 is 0 Å². The average molecular weight is 362 g/mol. The number of nitro groups is 1. The van der Waals surface area contributed by atoms with Crippen molar-refractivity contribution in [2.75, 3.05) is 12.3 Å². The van der Waals surface area contributed by atoms with Crippen molar-refractivity contribution in [2.45, 2.75) is 6.42 Å². The molecular weight excluding hydrogens is 350 g/mol. The minimum absolute atomic E-state index is 0.0187. The number of rotatable bonds is 6. The van der Waals surface area contributed by atoms with Crippen LogP contribution in [0.25, 0.3) is 0 Å². The Bertz CT molecular complexity index is 550. The molecule has 0 heterocycles. The fraction of sp³-hybridized carbons (Fsp3) is 0.273. The number of oxime groups is 1. The lowest BCUT2D eigenvalue weighted by Crippen LogP contribution is -2.33. The molecule has 0 aliphatic carbocycles. The third-order valence-corrected chi connectivity index (χ3v) is 2.99. The number of nitrogens with zero attached hydrogens (tertiary/aromatic N) is 2. The van der Waals surface area contributed by atoms with Crippen molar-refractivity contribution in [2.24, 2.45) is 5.16 Å². The first-order valence-electron chi connectivity index (χ1n) is 5.51. The predicted molar refractivity (Wildman–Crippen MR) is 80.6 cm³/mol. The van der Waals surface area contributed by atoms with Gasteiger partial charge in [-0.2, -0.15) is 12.6 Å². The molecule has 108 valence electrons. The van der Waals surface area contributed by atoms with E-state index in [2.05, 4.69) is 39.0 Å². The van der Waals surface area contributed by atoms with Gasteiger partial charge in [-0.1, -0.05) is 21.1 Å². The Hall–Kier alpha value is -1.61. The molecule has 0 atom stereocenters. The van der Waals surface area contributed by atoms with Crippen LogP contribution in [0.2, 0.25) is 0 Å². The van der Waals surface area contributed by atoms with Gasteiger partial charge in [-0.05, 0) is 11.6 Å². The SMILES string of the molecule is O=C(NCCS)/C(Cc1cc(Br)cc([N+](=O)[O-])c1)=N/O. The Kier molecular flexibility index (Phi) is 6.46. The molecule has 0 radical (unpaired) electrons. The van der Waals surface area contributed by atoms with Crippen LogP contribution < -0.4 is 5.32 Å². The summed E-state index contributed by atoms with van der Waals surface area (Å²) >= 11 is 7.10. The Morgan fingerprint density at radius 2 is 2.20 bits per heavy atom. The van der Waals surface area contributed by atoms with E-state index in [4.69, 9.17) is 5.21 Å². The van der Waals surface area contributed by atoms with E-state index in [0.717, 1.165) is 0 Å². The Morgan fingerprint density at radius 3 is 2.75 bits per heavy atom. The number of hydrogen-bond acceptors (Lipinski definition) is 6. The van der Waals surface area contributed by atoms with Gasteiger partial charge in [-0.3, -0.25) is 14.9 Å². The number of amides is 1. The van der Waals surface area contributed by atoms with Crippen molar-refractivity contribution < 1.29 is 14.9 Å². The van der Waals surface area contributed by atoms with Crippen LogP contribution in [0.15, 0.2) is 27.8 Å². The van der Waals surface area contributed by atoms with Crippen LogP contribution in [0.5, 0.6) is 0 Å². The van der Waals surface area contributed by atoms with Gasteiger partial charge in [0.05, 0.1) is 4.92 Å². The summed E-state index contributed by atoms with van der Waals surface area (Å²) in [5.74, 6) is -0.0866. The number of hydrogen-bond donors (Lipinski definition) is 3. The van der Waals surface area contributed by atoms with Gasteiger partial charge < -0.3 is 10.5 Å². The molecule has 2 N–H and O–H groups in total. The maximum Gasteiger partial charge on any atom is 0.270 e. The van der Waals surface area contributed by atoms with Crippen LogP contribution in [0.1, 0.15) is 5.56 Å². The van der Waals surface area contributed by atoms with Crippen molar-refractivity contribution in [3.05, 3.63) is 38.3 Å². The van der Waals surface area contributed by atoms with Crippen LogP contribution >= 0.6 is 28.6 Å². The smallest absolute Gasteiger partial charge is 0.270 e. The number of carbonyl (C=O) groups is 1. The fourth-order valence-electron chi connectivity index (χ4n) is 1.47. The molecule has 1 aromatic carbocycles. The number of benzene rings is 1. The molecule has 20 heavy (non-hydrogen) atoms. The summed E-state index contributed by atoms with van der Waals surface area (Å²) in [5, 5.41) is 25.1. The van der Waals surface area contributed by atoms with E-state index in [9.17, 15) is 14.9 Å². The van der Waals surface area contributed by atoms with Crippen LogP contribution in [0.4, 0.5) is 5.69 Å². The average Bonchev–Trinajstić information content (AvgIpc) is 2.41. The number of halogens is 1. The Morgan fingerprint density at radius 1 is 1.50 bits per heavy atom. The highest BCUT2D eigenvalue weighted by Gasteiger charge is 2.15. The molecule has 0 aromatic heterocycles. The summed E-state index contributed by atoms with van der Waals surface area (Å²) < 4.78 is 0.509. The summed E-state index contributed by atoms with van der Waals surface area (Å²) in [4.78, 5) is 21.9. The molecule has 0 aliphatic rings. The van der Waals surface area contributed by atoms with Crippen LogP contribution in [0, 0.1) is 10.1 Å². The number of nitro benzene ring substituents is 1. The van der Waals surface area contributed by atoms with E-state index in [1.807, 2.05) is 0 Å². The second kappa shape index (κ2) is 7.85. The monoisotopic (exact) mass is 361 g/mol. The molecule has 0 spiro atoms. The van der Waals surface area contributed by atoms with Crippen molar-refractivity contribution in [1.29, 1.82) is 0 Å². The molecule has 0 saturated heterocycles. The van der Waals surface area contributed by atoms with Crippen molar-refractivity contribution in [3.8, 4) is 0 Å². The highest BCUT2D eigenvalue weighted by molar-refractivity contribution is 9.10. The minimum atomic E-state index is -0.538. The van der Waals surface area contributed by atoms with Gasteiger partial charge in [0, 0.05) is 35.3 Å². The quantitative estimate of drug-likeness (QED) is 0.236. The summed E-state index contributed by atoms with van der Waals surface area (Å²) in [6.07, 6.45) is -0.0187. The third kappa shape index (κ3) is 4.82. The molecule has 1 rings (SSSR count). The van der Waals surface area contributed by atoms with E-state index < -0.39 is 10.8 Å². The molecule has 1 amide bonds. The Labute approximate surface area is 128 Å². The van der Waals surface area contributed by atoms with Crippen LogP contribution in [0.3, 0.4) is 0 Å². The second-order valence-corrected chi connectivity index (χ2v) is 5.14. The lowest BCUT2D eigenvalue weighted by Gasteiger charge is -2.06. The van der Waals surface area contributed by atoms with Gasteiger partial charge in [0.25, 0.3) is 11.6 Å². The highest BCUT2D eigenvalue weighted by Crippen LogP contribution is 2.21. The van der Waals surface area contributed by atoms with Gasteiger partial charge in [0.2, 0.25) is 0 Å². The van der Waals surface area contributed by atoms with Gasteiger partial charge in [-0.15, -0.1) is 0 Å². The molecule has 7 nitrogen and oxygen atoms in total. The summed E-state index contributed by atoms with van der Waals surface area (Å²) in [6, 6.07) is 4.28. The zero-order valence-corrected chi connectivity index (χ0v) is 12.7. The number of carbonyl (C=O) groups excluding carboxylic acids is 1. The van der Waals surface area contributed by atoms with Gasteiger partial charge in [0.1, 0.15) is 5.71 Å². The zero-order valence-electron chi connectivity index (χ0n) is 10.2.